The Bertz CT molecular complexity index is 978. The second-order valence-corrected chi connectivity index (χ2v) is 7.13. The van der Waals surface area contributed by atoms with E-state index in [1.54, 1.807) is 42.5 Å². The van der Waals surface area contributed by atoms with Crippen LogP contribution in [0.3, 0.4) is 0 Å². The van der Waals surface area contributed by atoms with E-state index in [9.17, 15) is 14.0 Å². The number of nitrogens with one attached hydrogen (secondary N) is 2. The highest BCUT2D eigenvalue weighted by Gasteiger charge is 2.23. The largest absolute Gasteiger partial charge is 0.349 e. The van der Waals surface area contributed by atoms with Crippen LogP contribution in [-0.4, -0.2) is 17.9 Å². The third-order valence-corrected chi connectivity index (χ3v) is 5.13. The smallest absolute Gasteiger partial charge is 0.265 e. The van der Waals surface area contributed by atoms with Crippen LogP contribution in [-0.2, 0) is 0 Å². The molecular weight excluding hydrogens is 339 g/mol. The van der Waals surface area contributed by atoms with E-state index >= 15 is 0 Å². The quantitative estimate of drug-likeness (QED) is 0.738. The molecule has 2 aromatic carbocycles. The maximum atomic E-state index is 13.8. The van der Waals surface area contributed by atoms with E-state index in [1.165, 1.54) is 17.4 Å². The van der Waals surface area contributed by atoms with Gasteiger partial charge in [0.2, 0.25) is 0 Å². The molecule has 1 aliphatic rings. The minimum Gasteiger partial charge on any atom is -0.349 e. The van der Waals surface area contributed by atoms with Gasteiger partial charge in [0.25, 0.3) is 11.8 Å². The number of rotatable bonds is 4. The summed E-state index contributed by atoms with van der Waals surface area (Å²) in [6.07, 6.45) is 2.04. The first kappa shape index (κ1) is 15.8. The lowest BCUT2D eigenvalue weighted by Crippen LogP contribution is -2.25. The van der Waals surface area contributed by atoms with E-state index in [-0.39, 0.29) is 23.7 Å². The van der Waals surface area contributed by atoms with Crippen molar-refractivity contribution < 1.29 is 14.0 Å². The molecule has 1 aliphatic carbocycles. The molecule has 0 saturated heterocycles. The number of amides is 2. The van der Waals surface area contributed by atoms with Gasteiger partial charge in [-0.25, -0.2) is 4.39 Å². The zero-order valence-electron chi connectivity index (χ0n) is 13.2. The third kappa shape index (κ3) is 3.39. The molecule has 1 aromatic heterocycles. The second kappa shape index (κ2) is 6.29. The molecule has 1 saturated carbocycles. The molecule has 0 bridgehead atoms. The summed E-state index contributed by atoms with van der Waals surface area (Å²) in [5, 5.41) is 6.13. The van der Waals surface area contributed by atoms with Gasteiger partial charge in [-0.05, 0) is 49.2 Å². The van der Waals surface area contributed by atoms with Crippen LogP contribution in [0.15, 0.2) is 48.5 Å². The lowest BCUT2D eigenvalue weighted by Gasteiger charge is -2.07. The van der Waals surface area contributed by atoms with Crippen molar-refractivity contribution in [3.63, 3.8) is 0 Å². The highest BCUT2D eigenvalue weighted by Crippen LogP contribution is 2.28. The van der Waals surface area contributed by atoms with Gasteiger partial charge in [0, 0.05) is 27.4 Å². The number of halogens is 1. The Labute approximate surface area is 147 Å². The number of fused-ring (bicyclic) bond motifs is 1. The van der Waals surface area contributed by atoms with Gasteiger partial charge in [-0.1, -0.05) is 12.1 Å². The summed E-state index contributed by atoms with van der Waals surface area (Å²) in [7, 11) is 0. The van der Waals surface area contributed by atoms with Gasteiger partial charge in [-0.15, -0.1) is 11.3 Å². The maximum Gasteiger partial charge on any atom is 0.265 e. The van der Waals surface area contributed by atoms with Crippen molar-refractivity contribution in [3.8, 4) is 0 Å². The molecule has 0 spiro atoms. The van der Waals surface area contributed by atoms with Crippen molar-refractivity contribution in [2.24, 2.45) is 0 Å². The molecule has 0 atom stereocenters. The van der Waals surface area contributed by atoms with Crippen molar-refractivity contribution in [1.29, 1.82) is 0 Å². The fourth-order valence-electron chi connectivity index (χ4n) is 2.56. The lowest BCUT2D eigenvalue weighted by atomic mass is 10.2. The minimum atomic E-state index is -0.341. The monoisotopic (exact) mass is 354 g/mol. The molecular formula is C19H15FN2O2S. The summed E-state index contributed by atoms with van der Waals surface area (Å²) in [5.74, 6) is -0.797. The normalized spacial score (nSPS) is 13.6. The van der Waals surface area contributed by atoms with E-state index in [1.807, 2.05) is 0 Å². The first-order chi connectivity index (χ1) is 12.1. The number of hydrogen-bond acceptors (Lipinski definition) is 3. The summed E-state index contributed by atoms with van der Waals surface area (Å²) >= 11 is 1.23. The molecule has 0 radical (unpaired) electrons. The number of carbonyl (C=O) groups is 2. The SMILES string of the molecule is O=C(NC1CC1)c1cccc(NC(=O)c2cc3c(F)cccc3s2)c1. The van der Waals surface area contributed by atoms with Crippen LogP contribution in [0.4, 0.5) is 10.1 Å². The fourth-order valence-corrected chi connectivity index (χ4v) is 3.53. The first-order valence-corrected chi connectivity index (χ1v) is 8.82. The highest BCUT2D eigenvalue weighted by atomic mass is 32.1. The molecule has 1 heterocycles. The maximum absolute atomic E-state index is 13.8. The lowest BCUT2D eigenvalue weighted by molar-refractivity contribution is 0.0949. The molecule has 2 amide bonds. The zero-order valence-corrected chi connectivity index (χ0v) is 14.0. The summed E-state index contributed by atoms with van der Waals surface area (Å²) in [6, 6.07) is 13.4. The molecule has 0 aliphatic heterocycles. The van der Waals surface area contributed by atoms with Gasteiger partial charge in [0.1, 0.15) is 5.82 Å². The van der Waals surface area contributed by atoms with Gasteiger partial charge in [-0.2, -0.15) is 0 Å². The van der Waals surface area contributed by atoms with E-state index in [0.29, 0.717) is 21.5 Å². The minimum absolute atomic E-state index is 0.137. The molecule has 3 aromatic rings. The van der Waals surface area contributed by atoms with Crippen LogP contribution in [0.1, 0.15) is 32.9 Å². The average molecular weight is 354 g/mol. The Morgan fingerprint density at radius 3 is 2.60 bits per heavy atom. The van der Waals surface area contributed by atoms with Crippen LogP contribution in [0.5, 0.6) is 0 Å². The van der Waals surface area contributed by atoms with Crippen LogP contribution in [0.25, 0.3) is 10.1 Å². The number of benzene rings is 2. The summed E-state index contributed by atoms with van der Waals surface area (Å²) in [4.78, 5) is 25.0. The molecule has 0 unspecified atom stereocenters. The van der Waals surface area contributed by atoms with Crippen molar-refractivity contribution in [2.45, 2.75) is 18.9 Å². The summed E-state index contributed by atoms with van der Waals surface area (Å²) < 4.78 is 14.5. The molecule has 25 heavy (non-hydrogen) atoms. The molecule has 4 rings (SSSR count). The van der Waals surface area contributed by atoms with Crippen LogP contribution in [0.2, 0.25) is 0 Å². The van der Waals surface area contributed by atoms with Gasteiger partial charge in [-0.3, -0.25) is 9.59 Å². The van der Waals surface area contributed by atoms with Crippen molar-refractivity contribution in [2.75, 3.05) is 5.32 Å². The predicted octanol–water partition coefficient (Wildman–Crippen LogP) is 4.18. The molecule has 126 valence electrons. The van der Waals surface area contributed by atoms with Crippen LogP contribution < -0.4 is 10.6 Å². The topological polar surface area (TPSA) is 58.2 Å². The Morgan fingerprint density at radius 1 is 1.04 bits per heavy atom. The average Bonchev–Trinajstić information content (AvgIpc) is 3.30. The van der Waals surface area contributed by atoms with Crippen LogP contribution in [0, 0.1) is 5.82 Å². The van der Waals surface area contributed by atoms with Crippen molar-refractivity contribution in [1.82, 2.24) is 5.32 Å². The van der Waals surface area contributed by atoms with Gasteiger partial charge in [0.15, 0.2) is 0 Å². The molecule has 1 fully saturated rings. The van der Waals surface area contributed by atoms with E-state index < -0.39 is 0 Å². The Kier molecular flexibility index (Phi) is 3.97. The number of anilines is 1. The molecule has 2 N–H and O–H groups in total. The number of thiophene rings is 1. The van der Waals surface area contributed by atoms with Crippen LogP contribution >= 0.6 is 11.3 Å². The van der Waals surface area contributed by atoms with E-state index in [4.69, 9.17) is 0 Å². The summed E-state index contributed by atoms with van der Waals surface area (Å²) in [6.45, 7) is 0. The Morgan fingerprint density at radius 2 is 1.84 bits per heavy atom. The van der Waals surface area contributed by atoms with Crippen molar-refractivity contribution in [3.05, 3.63) is 64.8 Å². The molecule has 4 nitrogen and oxygen atoms in total. The highest BCUT2D eigenvalue weighted by molar-refractivity contribution is 7.20. The zero-order chi connectivity index (χ0) is 17.4. The number of hydrogen-bond donors (Lipinski definition) is 2. The van der Waals surface area contributed by atoms with Gasteiger partial charge in [0.05, 0.1) is 4.88 Å². The van der Waals surface area contributed by atoms with Gasteiger partial charge < -0.3 is 10.6 Å². The Hall–Kier alpha value is -2.73. The second-order valence-electron chi connectivity index (χ2n) is 6.04. The van der Waals surface area contributed by atoms with Crippen molar-refractivity contribution >= 4 is 38.9 Å². The summed E-state index contributed by atoms with van der Waals surface area (Å²) in [5.41, 5.74) is 1.04. The van der Waals surface area contributed by atoms with Gasteiger partial charge >= 0.3 is 0 Å². The fraction of sp³-hybridized carbons (Fsp3) is 0.158. The third-order valence-electron chi connectivity index (χ3n) is 4.03. The Balaban J connectivity index is 1.53. The molecule has 6 heteroatoms. The first-order valence-electron chi connectivity index (χ1n) is 8.00. The standard InChI is InChI=1S/C19H15FN2O2S/c20-15-5-2-6-16-14(15)10-17(25-16)19(24)22-13-4-1-3-11(9-13)18(23)21-12-7-8-12/h1-6,9-10,12H,7-8H2,(H,21,23)(H,22,24). The predicted molar refractivity (Wildman–Crippen MR) is 96.7 cm³/mol. The van der Waals surface area contributed by atoms with E-state index in [0.717, 1.165) is 17.5 Å². The van der Waals surface area contributed by atoms with E-state index in [2.05, 4.69) is 10.6 Å². The number of carbonyl (C=O) groups excluding carboxylic acids is 2.